The molecule has 1 aromatic carbocycles. The van der Waals surface area contributed by atoms with E-state index in [-0.39, 0.29) is 12.0 Å². The molecule has 1 atom stereocenters. The van der Waals surface area contributed by atoms with Gasteiger partial charge in [0.15, 0.2) is 0 Å². The Balaban J connectivity index is 1.48. The van der Waals surface area contributed by atoms with Gasteiger partial charge in [-0.1, -0.05) is 0 Å². The molecule has 2 heterocycles. The van der Waals surface area contributed by atoms with Crippen molar-refractivity contribution in [2.45, 2.75) is 36.7 Å². The van der Waals surface area contributed by atoms with Crippen molar-refractivity contribution >= 4 is 21.6 Å². The third-order valence-corrected chi connectivity index (χ3v) is 7.21. The first-order chi connectivity index (χ1) is 12.9. The molecule has 1 N–H and O–H groups in total. The first-order valence-electron chi connectivity index (χ1n) is 9.55. The third kappa shape index (κ3) is 4.80. The van der Waals surface area contributed by atoms with Gasteiger partial charge < -0.3 is 15.0 Å². The third-order valence-electron chi connectivity index (χ3n) is 5.38. The average molecular weight is 396 g/mol. The molecule has 0 spiro atoms. The van der Waals surface area contributed by atoms with Gasteiger partial charge in [-0.2, -0.15) is 0 Å². The number of sulfonamides is 1. The average Bonchev–Trinajstić information content (AvgIpc) is 3.21. The number of hydrogen-bond donors (Lipinski definition) is 1. The zero-order valence-corrected chi connectivity index (χ0v) is 16.9. The maximum atomic E-state index is 12.2. The van der Waals surface area contributed by atoms with E-state index >= 15 is 0 Å². The van der Waals surface area contributed by atoms with Crippen LogP contribution in [0.2, 0.25) is 0 Å². The van der Waals surface area contributed by atoms with Crippen LogP contribution < -0.4 is 10.2 Å². The van der Waals surface area contributed by atoms with Crippen molar-refractivity contribution in [2.24, 2.45) is 5.92 Å². The Labute approximate surface area is 161 Å². The molecule has 8 heteroatoms. The molecule has 2 aliphatic rings. The highest BCUT2D eigenvalue weighted by Crippen LogP contribution is 2.25. The second kappa shape index (κ2) is 8.58. The van der Waals surface area contributed by atoms with Crippen molar-refractivity contribution in [3.05, 3.63) is 24.3 Å². The quantitative estimate of drug-likeness (QED) is 0.789. The van der Waals surface area contributed by atoms with Crippen molar-refractivity contribution in [3.8, 4) is 0 Å². The van der Waals surface area contributed by atoms with E-state index in [1.54, 1.807) is 12.1 Å². The highest BCUT2D eigenvalue weighted by atomic mass is 32.2. The van der Waals surface area contributed by atoms with Crippen LogP contribution in [0.3, 0.4) is 0 Å². The molecule has 7 nitrogen and oxygen atoms in total. The summed E-state index contributed by atoms with van der Waals surface area (Å²) in [7, 11) is -0.325. The Morgan fingerprint density at radius 1 is 1.19 bits per heavy atom. The number of rotatable bonds is 6. The predicted octanol–water partition coefficient (Wildman–Crippen LogP) is 1.45. The molecule has 0 aromatic heterocycles. The number of benzene rings is 1. The zero-order chi connectivity index (χ0) is 19.4. The first kappa shape index (κ1) is 20.1. The van der Waals surface area contributed by atoms with Crippen LogP contribution in [0.4, 0.5) is 5.69 Å². The van der Waals surface area contributed by atoms with Crippen LogP contribution in [0.5, 0.6) is 0 Å². The number of anilines is 1. The molecule has 0 saturated carbocycles. The molecular weight excluding hydrogens is 366 g/mol. The summed E-state index contributed by atoms with van der Waals surface area (Å²) >= 11 is 0. The molecule has 1 aromatic rings. The van der Waals surface area contributed by atoms with Crippen LogP contribution in [0.25, 0.3) is 0 Å². The Bertz CT molecular complexity index is 735. The van der Waals surface area contributed by atoms with E-state index in [2.05, 4.69) is 10.2 Å². The summed E-state index contributed by atoms with van der Waals surface area (Å²) in [5, 5.41) is 3.03. The maximum Gasteiger partial charge on any atom is 0.249 e. The smallest absolute Gasteiger partial charge is 0.249 e. The summed E-state index contributed by atoms with van der Waals surface area (Å²) in [4.78, 5) is 14.6. The van der Waals surface area contributed by atoms with Gasteiger partial charge in [0.1, 0.15) is 6.10 Å². The van der Waals surface area contributed by atoms with Crippen molar-refractivity contribution < 1.29 is 17.9 Å². The minimum atomic E-state index is -3.39. The summed E-state index contributed by atoms with van der Waals surface area (Å²) in [5.74, 6) is 0.493. The fourth-order valence-electron chi connectivity index (χ4n) is 3.58. The van der Waals surface area contributed by atoms with Gasteiger partial charge in [-0.05, 0) is 55.9 Å². The normalized spacial score (nSPS) is 21.6. The zero-order valence-electron chi connectivity index (χ0n) is 16.1. The Hall–Kier alpha value is -1.64. The summed E-state index contributed by atoms with van der Waals surface area (Å²) in [6.07, 6.45) is 3.53. The monoisotopic (exact) mass is 395 g/mol. The number of ether oxygens (including phenoxy) is 1. The standard InChI is InChI=1S/C19H29N3O4S/c1-21(2)27(24,25)17-7-5-16(6-8-17)22-11-9-15(10-12-22)14-20-19(23)18-4-3-13-26-18/h5-8,15,18H,3-4,9-14H2,1-2H3,(H,20,23)/t18-/m1/s1. The van der Waals surface area contributed by atoms with Crippen LogP contribution in [0.1, 0.15) is 25.7 Å². The fourth-order valence-corrected chi connectivity index (χ4v) is 4.48. The van der Waals surface area contributed by atoms with Gasteiger partial charge in [0.2, 0.25) is 15.9 Å². The largest absolute Gasteiger partial charge is 0.372 e. The van der Waals surface area contributed by atoms with E-state index < -0.39 is 10.0 Å². The number of amides is 1. The first-order valence-corrected chi connectivity index (χ1v) is 11.0. The van der Waals surface area contributed by atoms with Crippen LogP contribution in [0, 0.1) is 5.92 Å². The van der Waals surface area contributed by atoms with Gasteiger partial charge in [-0.15, -0.1) is 0 Å². The molecule has 150 valence electrons. The van der Waals surface area contributed by atoms with E-state index in [4.69, 9.17) is 4.74 Å². The molecule has 2 aliphatic heterocycles. The van der Waals surface area contributed by atoms with Crippen molar-refractivity contribution in [3.63, 3.8) is 0 Å². The summed E-state index contributed by atoms with van der Waals surface area (Å²) in [6, 6.07) is 7.07. The molecule has 27 heavy (non-hydrogen) atoms. The van der Waals surface area contributed by atoms with Gasteiger partial charge in [-0.3, -0.25) is 4.79 Å². The van der Waals surface area contributed by atoms with Gasteiger partial charge in [-0.25, -0.2) is 12.7 Å². The van der Waals surface area contributed by atoms with Crippen molar-refractivity contribution in [1.82, 2.24) is 9.62 Å². The van der Waals surface area contributed by atoms with Crippen LogP contribution >= 0.6 is 0 Å². The predicted molar refractivity (Wildman–Crippen MR) is 104 cm³/mol. The minimum Gasteiger partial charge on any atom is -0.372 e. The number of carbonyl (C=O) groups excluding carboxylic acids is 1. The van der Waals surface area contributed by atoms with E-state index in [1.165, 1.54) is 18.4 Å². The summed E-state index contributed by atoms with van der Waals surface area (Å²) < 4.78 is 30.9. The Kier molecular flexibility index (Phi) is 6.39. The molecule has 1 amide bonds. The highest BCUT2D eigenvalue weighted by Gasteiger charge is 2.25. The van der Waals surface area contributed by atoms with Gasteiger partial charge in [0, 0.05) is 46.0 Å². The lowest BCUT2D eigenvalue weighted by Crippen LogP contribution is -2.41. The van der Waals surface area contributed by atoms with Crippen LogP contribution in [-0.4, -0.2) is 65.1 Å². The summed E-state index contributed by atoms with van der Waals surface area (Å²) in [6.45, 7) is 3.19. The Morgan fingerprint density at radius 3 is 2.41 bits per heavy atom. The van der Waals surface area contributed by atoms with Gasteiger partial charge in [0.25, 0.3) is 0 Å². The lowest BCUT2D eigenvalue weighted by atomic mass is 9.96. The van der Waals surface area contributed by atoms with Crippen molar-refractivity contribution in [1.29, 1.82) is 0 Å². The van der Waals surface area contributed by atoms with E-state index in [0.717, 1.165) is 44.5 Å². The number of nitrogens with one attached hydrogen (secondary N) is 1. The second-order valence-electron chi connectivity index (χ2n) is 7.46. The lowest BCUT2D eigenvalue weighted by molar-refractivity contribution is -0.130. The Morgan fingerprint density at radius 2 is 1.85 bits per heavy atom. The number of hydrogen-bond acceptors (Lipinski definition) is 5. The molecule has 0 unspecified atom stereocenters. The fraction of sp³-hybridized carbons (Fsp3) is 0.632. The molecule has 3 rings (SSSR count). The van der Waals surface area contributed by atoms with E-state index in [0.29, 0.717) is 24.0 Å². The number of piperidine rings is 1. The van der Waals surface area contributed by atoms with E-state index in [9.17, 15) is 13.2 Å². The maximum absolute atomic E-state index is 12.2. The molecule has 0 bridgehead atoms. The van der Waals surface area contributed by atoms with Gasteiger partial charge >= 0.3 is 0 Å². The van der Waals surface area contributed by atoms with Crippen LogP contribution in [-0.2, 0) is 19.6 Å². The molecule has 0 aliphatic carbocycles. The molecule has 2 saturated heterocycles. The van der Waals surface area contributed by atoms with E-state index in [1.807, 2.05) is 12.1 Å². The van der Waals surface area contributed by atoms with Crippen LogP contribution in [0.15, 0.2) is 29.2 Å². The SMILES string of the molecule is CN(C)S(=O)(=O)c1ccc(N2CCC(CNC(=O)[C@H]3CCCO3)CC2)cc1. The molecular formula is C19H29N3O4S. The molecule has 0 radical (unpaired) electrons. The minimum absolute atomic E-state index is 0.0209. The number of nitrogens with zero attached hydrogens (tertiary/aromatic N) is 2. The summed E-state index contributed by atoms with van der Waals surface area (Å²) in [5.41, 5.74) is 1.04. The lowest BCUT2D eigenvalue weighted by Gasteiger charge is -2.34. The van der Waals surface area contributed by atoms with Crippen molar-refractivity contribution in [2.75, 3.05) is 45.2 Å². The highest BCUT2D eigenvalue weighted by molar-refractivity contribution is 7.89. The topological polar surface area (TPSA) is 79.0 Å². The molecule has 2 fully saturated rings. The number of carbonyl (C=O) groups is 1. The second-order valence-corrected chi connectivity index (χ2v) is 9.61. The van der Waals surface area contributed by atoms with Gasteiger partial charge in [0.05, 0.1) is 4.90 Å².